The lowest BCUT2D eigenvalue weighted by Crippen LogP contribution is -2.53. The molecule has 1 fully saturated rings. The van der Waals surface area contributed by atoms with Crippen molar-refractivity contribution in [3.8, 4) is 0 Å². The van der Waals surface area contributed by atoms with Crippen molar-refractivity contribution in [1.82, 2.24) is 4.90 Å². The summed E-state index contributed by atoms with van der Waals surface area (Å²) in [7, 11) is 0. The second-order valence-electron chi connectivity index (χ2n) is 5.81. The van der Waals surface area contributed by atoms with Gasteiger partial charge in [-0.25, -0.2) is 4.79 Å². The Bertz CT molecular complexity index is 408. The van der Waals surface area contributed by atoms with E-state index >= 15 is 0 Å². The number of hydrogen-bond donors (Lipinski definition) is 0. The Morgan fingerprint density at radius 1 is 1.33 bits per heavy atom. The molecule has 0 aromatic heterocycles. The molecule has 98 valence electrons. The predicted molar refractivity (Wildman–Crippen MR) is 71.5 cm³/mol. The fourth-order valence-corrected chi connectivity index (χ4v) is 2.10. The SMILES string of the molecule is CC(C)(C)OC(=O)N1CC[C@@H]1Cc1ccccc1. The van der Waals surface area contributed by atoms with Crippen LogP contribution in [0.2, 0.25) is 0 Å². The van der Waals surface area contributed by atoms with Crippen molar-refractivity contribution in [2.45, 2.75) is 45.3 Å². The molecule has 1 aliphatic heterocycles. The molecule has 1 heterocycles. The number of rotatable bonds is 2. The summed E-state index contributed by atoms with van der Waals surface area (Å²) >= 11 is 0. The van der Waals surface area contributed by atoms with E-state index in [2.05, 4.69) is 12.1 Å². The van der Waals surface area contributed by atoms with Crippen molar-refractivity contribution < 1.29 is 9.53 Å². The minimum absolute atomic E-state index is 0.185. The summed E-state index contributed by atoms with van der Waals surface area (Å²) < 4.78 is 5.40. The van der Waals surface area contributed by atoms with Crippen molar-refractivity contribution in [3.05, 3.63) is 35.9 Å². The van der Waals surface area contributed by atoms with Crippen molar-refractivity contribution in [1.29, 1.82) is 0 Å². The average molecular weight is 247 g/mol. The van der Waals surface area contributed by atoms with E-state index in [0.29, 0.717) is 6.04 Å². The first-order valence-corrected chi connectivity index (χ1v) is 6.49. The van der Waals surface area contributed by atoms with Crippen molar-refractivity contribution >= 4 is 6.09 Å². The molecule has 1 saturated heterocycles. The molecule has 0 unspecified atom stereocenters. The van der Waals surface area contributed by atoms with Crippen LogP contribution in [0.5, 0.6) is 0 Å². The van der Waals surface area contributed by atoms with Gasteiger partial charge in [-0.15, -0.1) is 0 Å². The lowest BCUT2D eigenvalue weighted by molar-refractivity contribution is -0.00498. The predicted octanol–water partition coefficient (Wildman–Crippen LogP) is 3.24. The maximum atomic E-state index is 11.9. The molecule has 0 spiro atoms. The van der Waals surface area contributed by atoms with E-state index in [1.54, 1.807) is 0 Å². The Morgan fingerprint density at radius 3 is 2.50 bits per heavy atom. The Balaban J connectivity index is 1.91. The first kappa shape index (κ1) is 12.9. The van der Waals surface area contributed by atoms with E-state index in [9.17, 15) is 4.79 Å². The van der Waals surface area contributed by atoms with Gasteiger partial charge in [0.25, 0.3) is 0 Å². The third kappa shape index (κ3) is 3.25. The van der Waals surface area contributed by atoms with Crippen molar-refractivity contribution in [2.75, 3.05) is 6.54 Å². The molecule has 0 radical (unpaired) electrons. The number of benzene rings is 1. The zero-order valence-electron chi connectivity index (χ0n) is 11.3. The molecular weight excluding hydrogens is 226 g/mol. The van der Waals surface area contributed by atoms with Gasteiger partial charge in [-0.1, -0.05) is 30.3 Å². The van der Waals surface area contributed by atoms with Crippen molar-refractivity contribution in [2.24, 2.45) is 0 Å². The van der Waals surface area contributed by atoms with Crippen LogP contribution in [0.4, 0.5) is 4.79 Å². The van der Waals surface area contributed by atoms with Crippen LogP contribution in [0.3, 0.4) is 0 Å². The fraction of sp³-hybridized carbons (Fsp3) is 0.533. The molecule has 1 aromatic rings. The number of ether oxygens (including phenoxy) is 1. The molecular formula is C15H21NO2. The molecule has 0 N–H and O–H groups in total. The van der Waals surface area contributed by atoms with Gasteiger partial charge in [0.05, 0.1) is 0 Å². The number of carbonyl (C=O) groups excluding carboxylic acids is 1. The summed E-state index contributed by atoms with van der Waals surface area (Å²) in [5.41, 5.74) is 0.861. The third-order valence-corrected chi connectivity index (χ3v) is 3.09. The number of amides is 1. The molecule has 1 aromatic carbocycles. The zero-order valence-corrected chi connectivity index (χ0v) is 11.3. The van der Waals surface area contributed by atoms with Crippen LogP contribution < -0.4 is 0 Å². The minimum Gasteiger partial charge on any atom is -0.444 e. The first-order chi connectivity index (χ1) is 8.46. The topological polar surface area (TPSA) is 29.5 Å². The van der Waals surface area contributed by atoms with E-state index in [-0.39, 0.29) is 6.09 Å². The Labute approximate surface area is 109 Å². The maximum Gasteiger partial charge on any atom is 0.410 e. The molecule has 1 amide bonds. The summed E-state index contributed by atoms with van der Waals surface area (Å²) in [6.07, 6.45) is 1.79. The molecule has 0 bridgehead atoms. The Morgan fingerprint density at radius 2 is 2.00 bits per heavy atom. The van der Waals surface area contributed by atoms with Crippen LogP contribution in [-0.4, -0.2) is 29.2 Å². The largest absolute Gasteiger partial charge is 0.444 e. The van der Waals surface area contributed by atoms with Gasteiger partial charge >= 0.3 is 6.09 Å². The summed E-state index contributed by atoms with van der Waals surface area (Å²) in [6.45, 7) is 6.51. The highest BCUT2D eigenvalue weighted by atomic mass is 16.6. The quantitative estimate of drug-likeness (QED) is 0.803. The molecule has 18 heavy (non-hydrogen) atoms. The standard InChI is InChI=1S/C15H21NO2/c1-15(2,3)18-14(17)16-10-9-13(16)11-12-7-5-4-6-8-12/h4-8,13H,9-11H2,1-3H3/t13-/m1/s1. The van der Waals surface area contributed by atoms with Gasteiger partial charge in [0.1, 0.15) is 5.60 Å². The second kappa shape index (κ2) is 5.01. The number of nitrogens with zero attached hydrogens (tertiary/aromatic N) is 1. The lowest BCUT2D eigenvalue weighted by atomic mass is 9.96. The van der Waals surface area contributed by atoms with Gasteiger partial charge in [0.15, 0.2) is 0 Å². The van der Waals surface area contributed by atoms with E-state index in [1.165, 1.54) is 5.56 Å². The minimum atomic E-state index is -0.413. The highest BCUT2D eigenvalue weighted by Crippen LogP contribution is 2.24. The lowest BCUT2D eigenvalue weighted by Gasteiger charge is -2.41. The number of carbonyl (C=O) groups is 1. The smallest absolute Gasteiger partial charge is 0.410 e. The normalized spacial score (nSPS) is 19.3. The highest BCUT2D eigenvalue weighted by Gasteiger charge is 2.34. The second-order valence-corrected chi connectivity index (χ2v) is 5.81. The van der Waals surface area contributed by atoms with Crippen LogP contribution in [-0.2, 0) is 11.2 Å². The van der Waals surface area contributed by atoms with E-state index in [1.807, 2.05) is 43.9 Å². The van der Waals surface area contributed by atoms with E-state index in [0.717, 1.165) is 19.4 Å². The van der Waals surface area contributed by atoms with E-state index in [4.69, 9.17) is 4.74 Å². The molecule has 0 aliphatic carbocycles. The monoisotopic (exact) mass is 247 g/mol. The summed E-state index contributed by atoms with van der Waals surface area (Å²) in [4.78, 5) is 13.8. The van der Waals surface area contributed by atoms with Gasteiger partial charge in [0.2, 0.25) is 0 Å². The molecule has 3 heteroatoms. The van der Waals surface area contributed by atoms with Crippen LogP contribution in [0, 0.1) is 0 Å². The molecule has 1 atom stereocenters. The molecule has 3 nitrogen and oxygen atoms in total. The van der Waals surface area contributed by atoms with E-state index < -0.39 is 5.60 Å². The van der Waals surface area contributed by atoms with Crippen molar-refractivity contribution in [3.63, 3.8) is 0 Å². The molecule has 1 aliphatic rings. The fourth-order valence-electron chi connectivity index (χ4n) is 2.10. The van der Waals surface area contributed by atoms with Gasteiger partial charge in [0, 0.05) is 12.6 Å². The van der Waals surface area contributed by atoms with Gasteiger partial charge < -0.3 is 9.64 Å². The number of hydrogen-bond acceptors (Lipinski definition) is 2. The molecule has 2 rings (SSSR count). The molecule has 0 saturated carbocycles. The Kier molecular flexibility index (Phi) is 3.60. The van der Waals surface area contributed by atoms with Crippen LogP contribution in [0.15, 0.2) is 30.3 Å². The Hall–Kier alpha value is -1.51. The summed E-state index contributed by atoms with van der Waals surface area (Å²) in [5.74, 6) is 0. The van der Waals surface area contributed by atoms with Crippen LogP contribution in [0.1, 0.15) is 32.8 Å². The first-order valence-electron chi connectivity index (χ1n) is 6.49. The zero-order chi connectivity index (χ0) is 13.2. The van der Waals surface area contributed by atoms with Crippen LogP contribution >= 0.6 is 0 Å². The summed E-state index contributed by atoms with van der Waals surface area (Å²) in [5, 5.41) is 0. The summed E-state index contributed by atoms with van der Waals surface area (Å²) in [6, 6.07) is 10.6. The maximum absolute atomic E-state index is 11.9. The highest BCUT2D eigenvalue weighted by molar-refractivity contribution is 5.69. The van der Waals surface area contributed by atoms with Gasteiger partial charge in [-0.2, -0.15) is 0 Å². The van der Waals surface area contributed by atoms with Gasteiger partial charge in [-0.05, 0) is 39.2 Å². The third-order valence-electron chi connectivity index (χ3n) is 3.09. The van der Waals surface area contributed by atoms with Crippen LogP contribution in [0.25, 0.3) is 0 Å². The number of likely N-dealkylation sites (tertiary alicyclic amines) is 1. The van der Waals surface area contributed by atoms with Gasteiger partial charge in [-0.3, -0.25) is 0 Å². The average Bonchev–Trinajstić information content (AvgIpc) is 2.23.